The van der Waals surface area contributed by atoms with Gasteiger partial charge in [-0.3, -0.25) is 18.5 Å². The number of nitrogens with zero attached hydrogens (tertiary/aromatic N) is 3. The highest BCUT2D eigenvalue weighted by Crippen LogP contribution is 2.35. The quantitative estimate of drug-likeness (QED) is 0.329. The van der Waals surface area contributed by atoms with E-state index >= 15 is 0 Å². The van der Waals surface area contributed by atoms with Gasteiger partial charge < -0.3 is 19.5 Å². The van der Waals surface area contributed by atoms with E-state index in [1.165, 1.54) is 4.57 Å². The Morgan fingerprint density at radius 2 is 2.00 bits per heavy atom. The van der Waals surface area contributed by atoms with Gasteiger partial charge in [0.05, 0.1) is 13.7 Å². The van der Waals surface area contributed by atoms with Crippen LogP contribution in [0.5, 0.6) is 5.75 Å². The van der Waals surface area contributed by atoms with E-state index in [1.54, 1.807) is 26.2 Å². The molecule has 0 saturated heterocycles. The first kappa shape index (κ1) is 22.7. The summed E-state index contributed by atoms with van der Waals surface area (Å²) in [6.07, 6.45) is 3.61. The zero-order valence-electron chi connectivity index (χ0n) is 17.0. The van der Waals surface area contributed by atoms with Gasteiger partial charge in [-0.1, -0.05) is 18.2 Å². The second kappa shape index (κ2) is 9.44. The van der Waals surface area contributed by atoms with Gasteiger partial charge in [0.25, 0.3) is 5.56 Å². The molecule has 0 fully saturated rings. The Balaban J connectivity index is 1.96. The van der Waals surface area contributed by atoms with E-state index in [4.69, 9.17) is 14.5 Å². The molecule has 0 aliphatic heterocycles. The Bertz CT molecular complexity index is 1270. The maximum Gasteiger partial charge on any atom is 0.469 e. The fourth-order valence-electron chi connectivity index (χ4n) is 3.07. The highest BCUT2D eigenvalue weighted by atomic mass is 31.2. The molecule has 3 aromatic rings. The van der Waals surface area contributed by atoms with Crippen molar-refractivity contribution in [3.63, 3.8) is 0 Å². The average Bonchev–Trinajstić information content (AvgIpc) is 3.16. The Labute approximate surface area is 176 Å². The van der Waals surface area contributed by atoms with Crippen LogP contribution in [0.25, 0.3) is 23.3 Å². The molecule has 2 aromatic heterocycles. The number of H-pyrrole nitrogens is 1. The molecule has 0 atom stereocenters. The van der Waals surface area contributed by atoms with Gasteiger partial charge in [-0.25, -0.2) is 14.3 Å². The van der Waals surface area contributed by atoms with Crippen LogP contribution in [0.2, 0.25) is 0 Å². The Kier molecular flexibility index (Phi) is 6.91. The van der Waals surface area contributed by atoms with Gasteiger partial charge in [-0.15, -0.1) is 0 Å². The lowest BCUT2D eigenvalue weighted by Crippen LogP contribution is -2.39. The van der Waals surface area contributed by atoms with Crippen LogP contribution in [0.1, 0.15) is 24.7 Å². The summed E-state index contributed by atoms with van der Waals surface area (Å²) < 4.78 is 22.8. The van der Waals surface area contributed by atoms with E-state index in [0.717, 1.165) is 10.1 Å². The highest BCUT2D eigenvalue weighted by Gasteiger charge is 2.17. The van der Waals surface area contributed by atoms with E-state index < -0.39 is 19.1 Å². The molecule has 0 aliphatic carbocycles. The number of nitrogens with one attached hydrogen (secondary N) is 1. The molecule has 2 heterocycles. The summed E-state index contributed by atoms with van der Waals surface area (Å²) in [5.74, 6) is 1.08. The van der Waals surface area contributed by atoms with E-state index in [-0.39, 0.29) is 37.3 Å². The molecule has 0 bridgehead atoms. The molecular formula is C19H23N4O7P. The summed E-state index contributed by atoms with van der Waals surface area (Å²) in [6, 6.07) is 7.37. The molecule has 166 valence electrons. The van der Waals surface area contributed by atoms with E-state index in [0.29, 0.717) is 11.6 Å². The Morgan fingerprint density at radius 3 is 2.68 bits per heavy atom. The number of imidazole rings is 1. The standard InChI is InChI=1S/C19H23N4O7P/c1-3-22-18(24)16-17(23(19(22)25)10-5-11-30-31(26,27)28)21-15(20-16)9-8-13-6-4-7-14(12-13)29-2/h4,6-9,12H,3,5,10-11H2,1-2H3,(H,20,21)(H2,26,27,28). The van der Waals surface area contributed by atoms with Crippen molar-refractivity contribution < 1.29 is 23.6 Å². The summed E-state index contributed by atoms with van der Waals surface area (Å²) in [5, 5.41) is 0. The summed E-state index contributed by atoms with van der Waals surface area (Å²) in [4.78, 5) is 50.3. The molecule has 31 heavy (non-hydrogen) atoms. The van der Waals surface area contributed by atoms with Crippen molar-refractivity contribution in [3.8, 4) is 5.75 Å². The Morgan fingerprint density at radius 1 is 1.23 bits per heavy atom. The first-order valence-electron chi connectivity index (χ1n) is 9.49. The van der Waals surface area contributed by atoms with Crippen LogP contribution in [-0.4, -0.2) is 42.6 Å². The topological polar surface area (TPSA) is 149 Å². The molecule has 0 radical (unpaired) electrons. The van der Waals surface area contributed by atoms with Crippen LogP contribution >= 0.6 is 7.82 Å². The minimum atomic E-state index is -4.59. The Hall–Kier alpha value is -2.98. The number of phosphoric acid groups is 1. The number of fused-ring (bicyclic) bond motifs is 1. The third kappa shape index (κ3) is 5.39. The second-order valence-electron chi connectivity index (χ2n) is 6.59. The fraction of sp³-hybridized carbons (Fsp3) is 0.316. The highest BCUT2D eigenvalue weighted by molar-refractivity contribution is 7.46. The predicted molar refractivity (Wildman–Crippen MR) is 115 cm³/mol. The monoisotopic (exact) mass is 450 g/mol. The van der Waals surface area contributed by atoms with Crippen LogP contribution in [0.3, 0.4) is 0 Å². The van der Waals surface area contributed by atoms with Crippen molar-refractivity contribution in [2.75, 3.05) is 13.7 Å². The zero-order chi connectivity index (χ0) is 22.6. The first-order valence-corrected chi connectivity index (χ1v) is 11.0. The molecule has 0 saturated carbocycles. The van der Waals surface area contributed by atoms with Gasteiger partial charge in [0.15, 0.2) is 5.65 Å². The first-order chi connectivity index (χ1) is 14.7. The van der Waals surface area contributed by atoms with Gasteiger partial charge in [-0.2, -0.15) is 0 Å². The van der Waals surface area contributed by atoms with Gasteiger partial charge in [0, 0.05) is 13.1 Å². The lowest BCUT2D eigenvalue weighted by atomic mass is 10.2. The lowest BCUT2D eigenvalue weighted by molar-refractivity contribution is 0.192. The van der Waals surface area contributed by atoms with Crippen molar-refractivity contribution in [3.05, 3.63) is 56.5 Å². The third-order valence-electron chi connectivity index (χ3n) is 4.51. The van der Waals surface area contributed by atoms with E-state index in [2.05, 4.69) is 14.5 Å². The van der Waals surface area contributed by atoms with Crippen LogP contribution in [0.4, 0.5) is 0 Å². The van der Waals surface area contributed by atoms with E-state index in [1.807, 2.05) is 24.3 Å². The minimum absolute atomic E-state index is 0.0690. The largest absolute Gasteiger partial charge is 0.497 e. The molecule has 3 rings (SSSR count). The maximum atomic E-state index is 12.7. The van der Waals surface area contributed by atoms with Crippen LogP contribution in [0.15, 0.2) is 33.9 Å². The van der Waals surface area contributed by atoms with Crippen molar-refractivity contribution in [2.45, 2.75) is 26.4 Å². The number of rotatable bonds is 9. The molecule has 0 amide bonds. The number of methoxy groups -OCH3 is 1. The van der Waals surface area contributed by atoms with Gasteiger partial charge in [0.2, 0.25) is 0 Å². The summed E-state index contributed by atoms with van der Waals surface area (Å²) in [5.41, 5.74) is 0.159. The number of hydrogen-bond donors (Lipinski definition) is 3. The number of benzene rings is 1. The zero-order valence-corrected chi connectivity index (χ0v) is 17.9. The van der Waals surface area contributed by atoms with Crippen LogP contribution in [0, 0.1) is 0 Å². The lowest BCUT2D eigenvalue weighted by Gasteiger charge is -2.10. The predicted octanol–water partition coefficient (Wildman–Crippen LogP) is 1.58. The molecule has 3 N–H and O–H groups in total. The SMILES string of the molecule is CCn1c(=O)c2[nH]c(C=Cc3cccc(OC)c3)nc2n(CCCOP(=O)(O)O)c1=O. The van der Waals surface area contributed by atoms with Crippen LogP contribution < -0.4 is 16.0 Å². The molecule has 0 spiro atoms. The number of aryl methyl sites for hydroxylation is 1. The van der Waals surface area contributed by atoms with Crippen molar-refractivity contribution in [1.29, 1.82) is 0 Å². The second-order valence-corrected chi connectivity index (χ2v) is 7.83. The minimum Gasteiger partial charge on any atom is -0.497 e. The molecule has 12 heteroatoms. The van der Waals surface area contributed by atoms with Gasteiger partial charge in [0.1, 0.15) is 17.1 Å². The van der Waals surface area contributed by atoms with Gasteiger partial charge >= 0.3 is 13.5 Å². The molecular weight excluding hydrogens is 427 g/mol. The van der Waals surface area contributed by atoms with Crippen LogP contribution in [-0.2, 0) is 22.2 Å². The average molecular weight is 450 g/mol. The normalized spacial score (nSPS) is 12.1. The number of aromatic amines is 1. The number of aromatic nitrogens is 4. The van der Waals surface area contributed by atoms with Crippen molar-refractivity contribution >= 4 is 31.1 Å². The molecule has 1 aromatic carbocycles. The summed E-state index contributed by atoms with van der Waals surface area (Å²) in [6.45, 7) is 1.66. The van der Waals surface area contributed by atoms with E-state index in [9.17, 15) is 14.2 Å². The fourth-order valence-corrected chi connectivity index (χ4v) is 3.44. The molecule has 0 unspecified atom stereocenters. The van der Waals surface area contributed by atoms with Crippen molar-refractivity contribution in [1.82, 2.24) is 19.1 Å². The molecule has 11 nitrogen and oxygen atoms in total. The number of phosphoric ester groups is 1. The number of hydrogen-bond acceptors (Lipinski definition) is 6. The van der Waals surface area contributed by atoms with Crippen molar-refractivity contribution in [2.24, 2.45) is 0 Å². The summed E-state index contributed by atoms with van der Waals surface area (Å²) >= 11 is 0. The third-order valence-corrected chi connectivity index (χ3v) is 5.03. The summed E-state index contributed by atoms with van der Waals surface area (Å²) in [7, 11) is -3.02. The smallest absolute Gasteiger partial charge is 0.469 e. The molecule has 0 aliphatic rings. The van der Waals surface area contributed by atoms with Gasteiger partial charge in [-0.05, 0) is 37.1 Å². The maximum absolute atomic E-state index is 12.7. The number of ether oxygens (including phenoxy) is 1.